The fourth-order valence-electron chi connectivity index (χ4n) is 0. The Hall–Kier alpha value is -1.04. The second-order valence-electron chi connectivity index (χ2n) is 0.369. The highest BCUT2D eigenvalue weighted by Crippen LogP contribution is 1.49. The molecular weight excluding hydrogens is 70.0 g/mol. The lowest BCUT2D eigenvalue weighted by molar-refractivity contribution is -0.379. The third-order valence-corrected chi connectivity index (χ3v) is 0.0913. The molecule has 3 nitrogen and oxygen atoms in total. The maximum atomic E-state index is 8.88. The Morgan fingerprint density at radius 1 is 2.00 bits per heavy atom. The molecule has 0 aromatic carbocycles. The first-order valence-electron chi connectivity index (χ1n) is 0.839. The summed E-state index contributed by atoms with van der Waals surface area (Å²) in [5.74, 6) is 0. The van der Waals surface area contributed by atoms with Crippen LogP contribution in [-0.4, -0.2) is 4.92 Å². The predicted octanol–water partition coefficient (Wildman–Crippen LogP) is -0.190. The smallest absolute Gasteiger partial charge is 0.249 e. The zero-order valence-electron chi connectivity index (χ0n) is 2.26. The molecule has 0 aromatic rings. The number of nitrogens with zero attached hydrogens (tertiary/aromatic N) is 1. The average molecular weight is 70.0 g/mol. The van der Waals surface area contributed by atoms with E-state index >= 15 is 0 Å². The van der Waals surface area contributed by atoms with Crippen LogP contribution < -0.4 is 0 Å². The Morgan fingerprint density at radius 3 is 2.20 bits per heavy atom. The van der Waals surface area contributed by atoms with Gasteiger partial charge in [0.15, 0.2) is 0 Å². The molecule has 0 bridgehead atoms. The van der Waals surface area contributed by atoms with Crippen molar-refractivity contribution in [3.8, 4) is 6.04 Å². The summed E-state index contributed by atoms with van der Waals surface area (Å²) >= 11 is 0. The van der Waals surface area contributed by atoms with E-state index in [1.165, 1.54) is 0 Å². The first kappa shape index (κ1) is 3.96. The largest absolute Gasteiger partial charge is 0.304 e. The average Bonchev–Trinajstić information content (AvgIpc) is 1.38. The molecule has 3 heteroatoms. The van der Waals surface area contributed by atoms with Crippen molar-refractivity contribution in [1.82, 2.24) is 0 Å². The molecule has 0 aliphatic heterocycles. The number of rotatable bonds is 0. The van der Waals surface area contributed by atoms with E-state index in [-0.39, 0.29) is 0 Å². The van der Waals surface area contributed by atoms with Crippen LogP contribution in [-0.2, 0) is 0 Å². The van der Waals surface area contributed by atoms with Crippen molar-refractivity contribution >= 4 is 0 Å². The maximum Gasteiger partial charge on any atom is 0.304 e. The topological polar surface area (TPSA) is 43.1 Å². The van der Waals surface area contributed by atoms with Crippen molar-refractivity contribution in [1.29, 1.82) is 0 Å². The quantitative estimate of drug-likeness (QED) is 0.171. The summed E-state index contributed by atoms with van der Waals surface area (Å²) in [4.78, 5) is 7.92. The molecule has 0 N–H and O–H groups in total. The van der Waals surface area contributed by atoms with Crippen molar-refractivity contribution in [3.05, 3.63) is 16.5 Å². The summed E-state index contributed by atoms with van der Waals surface area (Å²) in [6, 6.07) is 1.00. The lowest BCUT2D eigenvalue weighted by Gasteiger charge is -1.59. The predicted molar refractivity (Wildman–Crippen MR) is 14.1 cm³/mol. The van der Waals surface area contributed by atoms with Gasteiger partial charge in [-0.2, -0.15) is 0 Å². The standard InChI is InChI=1S/C2NO2/c1-2-3(4)5. The Balaban J connectivity index is 3.35. The first-order valence-corrected chi connectivity index (χ1v) is 0.839. The van der Waals surface area contributed by atoms with E-state index < -0.39 is 4.92 Å². The van der Waals surface area contributed by atoms with Crippen LogP contribution in [0, 0.1) is 22.6 Å². The van der Waals surface area contributed by atoms with Crippen molar-refractivity contribution < 1.29 is 4.92 Å². The van der Waals surface area contributed by atoms with E-state index in [4.69, 9.17) is 16.5 Å². The number of hydrogen-bond acceptors (Lipinski definition) is 2. The summed E-state index contributed by atoms with van der Waals surface area (Å²) < 4.78 is 0. The second kappa shape index (κ2) is 1.30. The van der Waals surface area contributed by atoms with E-state index in [0.717, 1.165) is 6.04 Å². The van der Waals surface area contributed by atoms with Gasteiger partial charge in [-0.3, -0.25) is 0 Å². The van der Waals surface area contributed by atoms with Gasteiger partial charge >= 0.3 is 6.04 Å². The van der Waals surface area contributed by atoms with Crippen LogP contribution >= 0.6 is 0 Å². The molecule has 0 heterocycles. The Bertz CT molecular complexity index is 80.1. The Labute approximate surface area is 28.8 Å². The molecule has 0 fully saturated rings. The normalized spacial score (nSPS) is 5.40. The van der Waals surface area contributed by atoms with Crippen LogP contribution in [0.4, 0.5) is 0 Å². The molecule has 0 unspecified atom stereocenters. The molecule has 0 saturated heterocycles. The van der Waals surface area contributed by atoms with Crippen molar-refractivity contribution in [2.45, 2.75) is 0 Å². The van der Waals surface area contributed by atoms with Crippen LogP contribution in [0.3, 0.4) is 0 Å². The second-order valence-corrected chi connectivity index (χ2v) is 0.369. The highest BCUT2D eigenvalue weighted by molar-refractivity contribution is 4.50. The third-order valence-electron chi connectivity index (χ3n) is 0.0913. The van der Waals surface area contributed by atoms with Crippen LogP contribution in [0.5, 0.6) is 0 Å². The molecule has 0 rings (SSSR count). The van der Waals surface area contributed by atoms with Gasteiger partial charge in [-0.25, -0.2) is 10.1 Å². The van der Waals surface area contributed by atoms with Crippen molar-refractivity contribution in [2.24, 2.45) is 0 Å². The summed E-state index contributed by atoms with van der Waals surface area (Å²) in [7, 11) is 0. The fraction of sp³-hybridized carbons (Fsp3) is 0. The molecule has 5 heavy (non-hydrogen) atoms. The summed E-state index contributed by atoms with van der Waals surface area (Å²) in [5, 5.41) is 8.88. The molecule has 0 saturated carbocycles. The Kier molecular flexibility index (Phi) is 1.03. The molecule has 0 spiro atoms. The van der Waals surface area contributed by atoms with Gasteiger partial charge in [0.05, 0.1) is 6.42 Å². The lowest BCUT2D eigenvalue weighted by atomic mass is 11.2. The van der Waals surface area contributed by atoms with E-state index in [1.54, 1.807) is 0 Å². The SMILES string of the molecule is [C]#C[N+](=O)[O-]. The van der Waals surface area contributed by atoms with Gasteiger partial charge in [0.25, 0.3) is 0 Å². The molecule has 25 valence electrons. The van der Waals surface area contributed by atoms with Gasteiger partial charge in [-0.05, 0) is 0 Å². The third kappa shape index (κ3) is 2.96. The monoisotopic (exact) mass is 70.0 g/mol. The fourth-order valence-corrected chi connectivity index (χ4v) is 0. The minimum atomic E-state index is -0.958. The highest BCUT2D eigenvalue weighted by Gasteiger charge is 1.72. The zero-order valence-corrected chi connectivity index (χ0v) is 2.26. The maximum absolute atomic E-state index is 8.88. The minimum absolute atomic E-state index is 0.958. The van der Waals surface area contributed by atoms with Gasteiger partial charge in [0.1, 0.15) is 4.92 Å². The molecule has 0 amide bonds. The van der Waals surface area contributed by atoms with E-state index in [0.29, 0.717) is 0 Å². The van der Waals surface area contributed by atoms with E-state index in [2.05, 4.69) is 0 Å². The van der Waals surface area contributed by atoms with Gasteiger partial charge in [-0.15, -0.1) is 0 Å². The molecule has 0 atom stereocenters. The van der Waals surface area contributed by atoms with E-state index in [1.807, 2.05) is 0 Å². The van der Waals surface area contributed by atoms with Gasteiger partial charge in [-0.1, -0.05) is 0 Å². The van der Waals surface area contributed by atoms with E-state index in [9.17, 15) is 0 Å². The molecule has 0 aliphatic rings. The first-order chi connectivity index (χ1) is 2.27. The summed E-state index contributed by atoms with van der Waals surface area (Å²) in [5.41, 5.74) is 0. The van der Waals surface area contributed by atoms with Crippen LogP contribution in [0.2, 0.25) is 0 Å². The lowest BCUT2D eigenvalue weighted by Crippen LogP contribution is -1.78. The minimum Gasteiger partial charge on any atom is -0.249 e. The van der Waals surface area contributed by atoms with Gasteiger partial charge < -0.3 is 0 Å². The summed E-state index contributed by atoms with van der Waals surface area (Å²) in [6.45, 7) is 0. The zero-order chi connectivity index (χ0) is 4.28. The van der Waals surface area contributed by atoms with Gasteiger partial charge in [0.2, 0.25) is 0 Å². The Morgan fingerprint density at radius 2 is 2.20 bits per heavy atom. The molecule has 0 aromatic heterocycles. The summed E-state index contributed by atoms with van der Waals surface area (Å²) in [6.07, 6.45) is 5.71. The number of nitro groups is 1. The van der Waals surface area contributed by atoms with Crippen molar-refractivity contribution in [2.75, 3.05) is 0 Å². The van der Waals surface area contributed by atoms with Crippen LogP contribution in [0.1, 0.15) is 0 Å². The van der Waals surface area contributed by atoms with Crippen molar-refractivity contribution in [3.63, 3.8) is 0 Å². The van der Waals surface area contributed by atoms with Crippen LogP contribution in [0.25, 0.3) is 0 Å². The van der Waals surface area contributed by atoms with Crippen LogP contribution in [0.15, 0.2) is 0 Å². The molecule has 1 radical (unpaired) electrons. The molecule has 0 aliphatic carbocycles. The molecular formula is C2NO2. The highest BCUT2D eigenvalue weighted by atomic mass is 16.6. The number of hydrogen-bond donors (Lipinski definition) is 0. The van der Waals surface area contributed by atoms with Gasteiger partial charge in [0, 0.05) is 0 Å².